The smallest absolute Gasteiger partial charge is 0.408 e. The maximum atomic E-state index is 13.4. The number of nitrogens with two attached hydrogens (primary N) is 2. The van der Waals surface area contributed by atoms with E-state index in [9.17, 15) is 24.0 Å². The summed E-state index contributed by atoms with van der Waals surface area (Å²) in [5.41, 5.74) is 11.9. The van der Waals surface area contributed by atoms with Crippen molar-refractivity contribution >= 4 is 40.7 Å². The lowest BCUT2D eigenvalue weighted by Gasteiger charge is -2.24. The summed E-state index contributed by atoms with van der Waals surface area (Å²) in [7, 11) is 0. The Bertz CT molecular complexity index is 1560. The summed E-state index contributed by atoms with van der Waals surface area (Å²) in [6.45, 7) is 5.68. The molecule has 0 aliphatic carbocycles. The van der Waals surface area contributed by atoms with Crippen LogP contribution in [0.1, 0.15) is 54.6 Å². The van der Waals surface area contributed by atoms with Gasteiger partial charge in [-0.05, 0) is 55.4 Å². The SMILES string of the molecule is Cc1cc(=O)oc2cc(C(=O)NC(=O)[C@@H](CCCN=C(N)N)NC(=O)[C@H](CC(C)C)NC(=O)OCc3ccccc3)ccc12. The van der Waals surface area contributed by atoms with Gasteiger partial charge in [0.25, 0.3) is 5.91 Å². The number of guanidine groups is 1. The predicted molar refractivity (Wildman–Crippen MR) is 165 cm³/mol. The average molecular weight is 607 g/mol. The fourth-order valence-corrected chi connectivity index (χ4v) is 4.39. The van der Waals surface area contributed by atoms with Crippen molar-refractivity contribution in [3.8, 4) is 0 Å². The number of amides is 4. The van der Waals surface area contributed by atoms with E-state index in [1.165, 1.54) is 18.2 Å². The van der Waals surface area contributed by atoms with Crippen molar-refractivity contribution in [1.29, 1.82) is 0 Å². The minimum absolute atomic E-state index is 0.00693. The maximum Gasteiger partial charge on any atom is 0.408 e. The van der Waals surface area contributed by atoms with Crippen molar-refractivity contribution in [3.05, 3.63) is 81.7 Å². The summed E-state index contributed by atoms with van der Waals surface area (Å²) in [6.07, 6.45) is -0.154. The zero-order valence-corrected chi connectivity index (χ0v) is 24.9. The highest BCUT2D eigenvalue weighted by atomic mass is 16.5. The topological polar surface area (TPSA) is 208 Å². The number of aliphatic imine (C=N–C) groups is 1. The third-order valence-corrected chi connectivity index (χ3v) is 6.56. The molecule has 0 saturated carbocycles. The van der Waals surface area contributed by atoms with Crippen LogP contribution in [0.4, 0.5) is 4.79 Å². The van der Waals surface area contributed by atoms with Crippen molar-refractivity contribution < 1.29 is 28.3 Å². The molecule has 2 atom stereocenters. The van der Waals surface area contributed by atoms with Gasteiger partial charge >= 0.3 is 11.7 Å². The second kappa shape index (κ2) is 15.9. The van der Waals surface area contributed by atoms with Gasteiger partial charge in [0.2, 0.25) is 11.8 Å². The van der Waals surface area contributed by atoms with Crippen LogP contribution in [-0.4, -0.2) is 48.4 Å². The average Bonchev–Trinajstić information content (AvgIpc) is 2.96. The molecular weight excluding hydrogens is 568 g/mol. The highest BCUT2D eigenvalue weighted by molar-refractivity contribution is 6.08. The first kappa shape index (κ1) is 33.3. The Morgan fingerprint density at radius 1 is 0.955 bits per heavy atom. The van der Waals surface area contributed by atoms with E-state index < -0.39 is 41.5 Å². The summed E-state index contributed by atoms with van der Waals surface area (Å²) < 4.78 is 10.5. The van der Waals surface area contributed by atoms with Crippen molar-refractivity contribution in [2.24, 2.45) is 22.4 Å². The lowest BCUT2D eigenvalue weighted by Crippen LogP contribution is -2.54. The number of nitrogens with zero attached hydrogens (tertiary/aromatic N) is 1. The number of aryl methyl sites for hydroxylation is 1. The van der Waals surface area contributed by atoms with Crippen LogP contribution >= 0.6 is 0 Å². The van der Waals surface area contributed by atoms with Gasteiger partial charge in [0.05, 0.1) is 0 Å². The minimum Gasteiger partial charge on any atom is -0.445 e. The molecule has 0 radical (unpaired) electrons. The molecule has 3 aromatic rings. The van der Waals surface area contributed by atoms with Crippen LogP contribution in [0.5, 0.6) is 0 Å². The molecule has 0 unspecified atom stereocenters. The number of carbonyl (C=O) groups excluding carboxylic acids is 4. The number of imide groups is 1. The number of fused-ring (bicyclic) bond motifs is 1. The molecule has 0 bridgehead atoms. The standard InChI is InChI=1S/C31H38N6O7/c1-18(2)14-24(36-31(42)43-17-20-8-5-4-6-9-20)29(41)35-23(10-7-13-34-30(32)33)28(40)37-27(39)21-11-12-22-19(3)15-26(38)44-25(22)16-21/h4-6,8-9,11-12,15-16,18,23-24H,7,10,13-14,17H2,1-3H3,(H,35,41)(H,36,42)(H4,32,33,34)(H,37,39,40)/t23-,24+/m1/s1. The number of alkyl carbamates (subject to hydrolysis) is 1. The van der Waals surface area contributed by atoms with E-state index in [2.05, 4.69) is 20.9 Å². The highest BCUT2D eigenvalue weighted by Gasteiger charge is 2.29. The van der Waals surface area contributed by atoms with Crippen LogP contribution in [0, 0.1) is 12.8 Å². The van der Waals surface area contributed by atoms with Crippen molar-refractivity contribution in [2.45, 2.75) is 58.7 Å². The van der Waals surface area contributed by atoms with E-state index in [1.807, 2.05) is 32.0 Å². The van der Waals surface area contributed by atoms with E-state index in [1.54, 1.807) is 25.1 Å². The predicted octanol–water partition coefficient (Wildman–Crippen LogP) is 2.24. The summed E-state index contributed by atoms with van der Waals surface area (Å²) in [5, 5.41) is 8.16. The largest absolute Gasteiger partial charge is 0.445 e. The number of carbonyl (C=O) groups is 4. The van der Waals surface area contributed by atoms with Crippen LogP contribution < -0.4 is 33.0 Å². The van der Waals surface area contributed by atoms with Crippen LogP contribution in [0.2, 0.25) is 0 Å². The van der Waals surface area contributed by atoms with Gasteiger partial charge in [-0.2, -0.15) is 0 Å². The van der Waals surface area contributed by atoms with Crippen LogP contribution in [0.25, 0.3) is 11.0 Å². The molecule has 0 aliphatic heterocycles. The number of hydrogen-bond donors (Lipinski definition) is 5. The molecule has 44 heavy (non-hydrogen) atoms. The van der Waals surface area contributed by atoms with E-state index in [0.29, 0.717) is 17.4 Å². The fourth-order valence-electron chi connectivity index (χ4n) is 4.39. The molecule has 234 valence electrons. The van der Waals surface area contributed by atoms with Crippen molar-refractivity contribution in [3.63, 3.8) is 0 Å². The lowest BCUT2D eigenvalue weighted by molar-refractivity contribution is -0.130. The molecule has 1 aromatic heterocycles. The van der Waals surface area contributed by atoms with E-state index >= 15 is 0 Å². The molecule has 13 heteroatoms. The molecule has 0 aliphatic rings. The zero-order valence-electron chi connectivity index (χ0n) is 24.9. The van der Waals surface area contributed by atoms with E-state index in [-0.39, 0.29) is 49.0 Å². The number of hydrogen-bond acceptors (Lipinski definition) is 8. The van der Waals surface area contributed by atoms with Crippen LogP contribution in [0.15, 0.2) is 68.8 Å². The Kier molecular flexibility index (Phi) is 12.0. The molecule has 0 saturated heterocycles. The Labute approximate surface area is 254 Å². The first-order valence-corrected chi connectivity index (χ1v) is 14.2. The van der Waals surface area contributed by atoms with Gasteiger partial charge < -0.3 is 31.3 Å². The first-order valence-electron chi connectivity index (χ1n) is 14.2. The molecule has 1 heterocycles. The van der Waals surface area contributed by atoms with E-state index in [4.69, 9.17) is 20.6 Å². The highest BCUT2D eigenvalue weighted by Crippen LogP contribution is 2.18. The molecule has 2 aromatic carbocycles. The first-order chi connectivity index (χ1) is 20.9. The number of nitrogens with one attached hydrogen (secondary N) is 3. The second-order valence-corrected chi connectivity index (χ2v) is 10.7. The summed E-state index contributed by atoms with van der Waals surface area (Å²) in [6, 6.07) is 12.7. The zero-order chi connectivity index (χ0) is 32.2. The van der Waals surface area contributed by atoms with Crippen molar-refractivity contribution in [2.75, 3.05) is 6.54 Å². The normalized spacial score (nSPS) is 12.2. The van der Waals surface area contributed by atoms with Gasteiger partial charge in [-0.3, -0.25) is 24.7 Å². The lowest BCUT2D eigenvalue weighted by atomic mass is 10.0. The molecule has 13 nitrogen and oxygen atoms in total. The summed E-state index contributed by atoms with van der Waals surface area (Å²) >= 11 is 0. The molecule has 0 fully saturated rings. The second-order valence-electron chi connectivity index (χ2n) is 10.7. The Hall–Kier alpha value is -5.20. The Morgan fingerprint density at radius 2 is 1.68 bits per heavy atom. The van der Waals surface area contributed by atoms with E-state index in [0.717, 1.165) is 5.56 Å². The fraction of sp³-hybridized carbons (Fsp3) is 0.355. The quantitative estimate of drug-likeness (QED) is 0.0835. The molecule has 7 N–H and O–H groups in total. The minimum atomic E-state index is -1.17. The van der Waals surface area contributed by atoms with Gasteiger partial charge in [-0.25, -0.2) is 9.59 Å². The Morgan fingerprint density at radius 3 is 2.36 bits per heavy atom. The monoisotopic (exact) mass is 606 g/mol. The van der Waals surface area contributed by atoms with Crippen molar-refractivity contribution in [1.82, 2.24) is 16.0 Å². The molecule has 4 amide bonds. The third kappa shape index (κ3) is 10.3. The van der Waals surface area contributed by atoms with Gasteiger partial charge in [0.1, 0.15) is 24.3 Å². The molecular formula is C31H38N6O7. The maximum absolute atomic E-state index is 13.4. The van der Waals surface area contributed by atoms with Gasteiger partial charge in [0, 0.05) is 23.6 Å². The Balaban J connectivity index is 1.73. The third-order valence-electron chi connectivity index (χ3n) is 6.56. The number of rotatable bonds is 13. The molecule has 0 spiro atoms. The van der Waals surface area contributed by atoms with Gasteiger partial charge in [0.15, 0.2) is 5.96 Å². The summed E-state index contributed by atoms with van der Waals surface area (Å²) in [4.78, 5) is 67.9. The van der Waals surface area contributed by atoms with Crippen LogP contribution in [-0.2, 0) is 20.9 Å². The summed E-state index contributed by atoms with van der Waals surface area (Å²) in [5.74, 6) is -2.29. The molecule has 3 rings (SSSR count). The van der Waals surface area contributed by atoms with Crippen LogP contribution in [0.3, 0.4) is 0 Å². The number of benzene rings is 2. The van der Waals surface area contributed by atoms with Gasteiger partial charge in [-0.15, -0.1) is 0 Å². The van der Waals surface area contributed by atoms with Gasteiger partial charge in [-0.1, -0.05) is 50.2 Å². The number of ether oxygens (including phenoxy) is 1.